The van der Waals surface area contributed by atoms with E-state index in [4.69, 9.17) is 5.73 Å². The average molecular weight is 400 g/mol. The van der Waals surface area contributed by atoms with Crippen LogP contribution in [0.1, 0.15) is 60.5 Å². The molecule has 3 rings (SSSR count). The van der Waals surface area contributed by atoms with Gasteiger partial charge in [0.15, 0.2) is 0 Å². The molecule has 0 aliphatic carbocycles. The molecule has 1 aromatic carbocycles. The van der Waals surface area contributed by atoms with Crippen LogP contribution >= 0.6 is 0 Å². The zero-order valence-electron chi connectivity index (χ0n) is 16.0. The van der Waals surface area contributed by atoms with Crippen molar-refractivity contribution in [1.82, 2.24) is 15.5 Å². The van der Waals surface area contributed by atoms with Gasteiger partial charge in [0.25, 0.3) is 11.8 Å². The third kappa shape index (κ3) is 4.34. The summed E-state index contributed by atoms with van der Waals surface area (Å²) < 4.78 is 0. The average Bonchev–Trinajstić information content (AvgIpc) is 2.70. The first-order valence-electron chi connectivity index (χ1n) is 9.73. The van der Waals surface area contributed by atoms with E-state index in [0.29, 0.717) is 18.5 Å². The van der Waals surface area contributed by atoms with Crippen molar-refractivity contribution < 1.29 is 24.0 Å². The quantitative estimate of drug-likeness (QED) is 0.440. The minimum atomic E-state index is -1.08. The Morgan fingerprint density at radius 1 is 1.14 bits per heavy atom. The molecule has 9 heteroatoms. The van der Waals surface area contributed by atoms with E-state index in [1.807, 2.05) is 0 Å². The highest BCUT2D eigenvalue weighted by molar-refractivity contribution is 6.15. The van der Waals surface area contributed by atoms with Gasteiger partial charge in [-0.05, 0) is 37.4 Å². The molecule has 2 unspecified atom stereocenters. The van der Waals surface area contributed by atoms with Crippen LogP contribution in [0.2, 0.25) is 0 Å². The summed E-state index contributed by atoms with van der Waals surface area (Å²) in [5.74, 6) is -2.71. The number of nitrogens with one attached hydrogen (secondary N) is 2. The zero-order chi connectivity index (χ0) is 21.0. The van der Waals surface area contributed by atoms with E-state index in [0.717, 1.165) is 17.7 Å². The molecule has 2 atom stereocenters. The first kappa shape index (κ1) is 20.7. The Hall–Kier alpha value is -3.07. The minimum absolute atomic E-state index is 0.0350. The Kier molecular flexibility index (Phi) is 6.38. The Bertz CT molecular complexity index is 853. The van der Waals surface area contributed by atoms with Crippen molar-refractivity contribution in [1.29, 1.82) is 0 Å². The van der Waals surface area contributed by atoms with Gasteiger partial charge in [0, 0.05) is 18.4 Å². The number of piperidine rings is 1. The maximum Gasteiger partial charge on any atom is 0.261 e. The van der Waals surface area contributed by atoms with Gasteiger partial charge in [-0.3, -0.25) is 34.2 Å². The van der Waals surface area contributed by atoms with Crippen molar-refractivity contribution in [2.45, 2.75) is 50.6 Å². The highest BCUT2D eigenvalue weighted by atomic mass is 16.2. The van der Waals surface area contributed by atoms with Gasteiger partial charge in [-0.1, -0.05) is 24.6 Å². The molecule has 2 heterocycles. The van der Waals surface area contributed by atoms with E-state index >= 15 is 0 Å². The molecule has 1 fully saturated rings. The maximum absolute atomic E-state index is 13.1. The molecule has 0 aromatic heterocycles. The molecule has 29 heavy (non-hydrogen) atoms. The molecule has 1 aromatic rings. The van der Waals surface area contributed by atoms with Gasteiger partial charge < -0.3 is 11.1 Å². The second kappa shape index (κ2) is 8.95. The van der Waals surface area contributed by atoms with E-state index in [-0.39, 0.29) is 30.7 Å². The largest absolute Gasteiger partial charge is 0.340 e. The van der Waals surface area contributed by atoms with Crippen LogP contribution in [-0.2, 0) is 19.2 Å². The van der Waals surface area contributed by atoms with Crippen LogP contribution in [0.3, 0.4) is 0 Å². The fraction of sp³-hybridized carbons (Fsp3) is 0.450. The van der Waals surface area contributed by atoms with E-state index in [9.17, 15) is 24.0 Å². The normalized spacial score (nSPS) is 21.6. The number of benzene rings is 1. The van der Waals surface area contributed by atoms with Crippen LogP contribution in [0.25, 0.3) is 0 Å². The summed E-state index contributed by atoms with van der Waals surface area (Å²) in [5, 5.41) is 4.87. The van der Waals surface area contributed by atoms with Crippen LogP contribution in [0, 0.1) is 0 Å². The second-order valence-corrected chi connectivity index (χ2v) is 7.17. The van der Waals surface area contributed by atoms with Crippen LogP contribution in [0.5, 0.6) is 0 Å². The molecule has 4 N–H and O–H groups in total. The predicted octanol–water partition coefficient (Wildman–Crippen LogP) is 0.151. The van der Waals surface area contributed by atoms with Gasteiger partial charge in [0.05, 0.1) is 0 Å². The zero-order valence-corrected chi connectivity index (χ0v) is 16.0. The van der Waals surface area contributed by atoms with E-state index in [1.54, 1.807) is 24.3 Å². The number of nitrogens with zero attached hydrogens (tertiary/aromatic N) is 1. The molecule has 154 valence electrons. The number of nitrogens with two attached hydrogens (primary N) is 1. The number of carbonyl (C=O) groups excluding carboxylic acids is 5. The molecule has 2 aliphatic rings. The first-order valence-corrected chi connectivity index (χ1v) is 9.73. The predicted molar refractivity (Wildman–Crippen MR) is 102 cm³/mol. The third-order valence-electron chi connectivity index (χ3n) is 5.14. The third-order valence-corrected chi connectivity index (χ3v) is 5.14. The fourth-order valence-electron chi connectivity index (χ4n) is 3.65. The highest BCUT2D eigenvalue weighted by Crippen LogP contribution is 2.30. The van der Waals surface area contributed by atoms with E-state index < -0.39 is 35.7 Å². The van der Waals surface area contributed by atoms with Gasteiger partial charge >= 0.3 is 0 Å². The number of unbranched alkanes of at least 4 members (excludes halogenated alkanes) is 2. The van der Waals surface area contributed by atoms with Crippen molar-refractivity contribution in [2.24, 2.45) is 5.73 Å². The molecule has 0 spiro atoms. The van der Waals surface area contributed by atoms with Crippen LogP contribution in [0.4, 0.5) is 0 Å². The fourth-order valence-corrected chi connectivity index (χ4v) is 3.65. The summed E-state index contributed by atoms with van der Waals surface area (Å²) >= 11 is 0. The smallest absolute Gasteiger partial charge is 0.261 e. The van der Waals surface area contributed by atoms with E-state index in [1.165, 1.54) is 0 Å². The Labute approximate surface area is 168 Å². The summed E-state index contributed by atoms with van der Waals surface area (Å²) in [4.78, 5) is 63.0. The lowest BCUT2D eigenvalue weighted by molar-refractivity contribution is -0.145. The van der Waals surface area contributed by atoms with Gasteiger partial charge in [0.2, 0.25) is 17.7 Å². The Morgan fingerprint density at radius 2 is 1.90 bits per heavy atom. The lowest BCUT2D eigenvalue weighted by atomic mass is 9.91. The molecule has 5 amide bonds. The molecule has 0 radical (unpaired) electrons. The summed E-state index contributed by atoms with van der Waals surface area (Å²) in [6, 6.07) is 4.37. The number of amides is 5. The lowest BCUT2D eigenvalue weighted by Crippen LogP contribution is -2.60. The molecule has 9 nitrogen and oxygen atoms in total. The summed E-state index contributed by atoms with van der Waals surface area (Å²) in [6.45, 7) is 0.555. The van der Waals surface area contributed by atoms with Crippen LogP contribution < -0.4 is 16.4 Å². The maximum atomic E-state index is 13.1. The molecular formula is C20H24N4O5. The number of carbonyl (C=O) groups is 5. The monoisotopic (exact) mass is 400 g/mol. The van der Waals surface area contributed by atoms with Gasteiger partial charge in [-0.15, -0.1) is 0 Å². The van der Waals surface area contributed by atoms with Gasteiger partial charge in [-0.2, -0.15) is 0 Å². The second-order valence-electron chi connectivity index (χ2n) is 7.17. The Balaban J connectivity index is 1.84. The molecular weight excluding hydrogens is 376 g/mol. The van der Waals surface area contributed by atoms with Crippen molar-refractivity contribution >= 4 is 29.5 Å². The van der Waals surface area contributed by atoms with E-state index in [2.05, 4.69) is 10.6 Å². The molecule has 1 saturated heterocycles. The number of fused-ring (bicyclic) bond motifs is 1. The SMILES string of the molecule is NCCCCCC(=O)NC1C(=O)N(C2CCC(=O)NC2=O)C(=O)c2ccccc21. The number of rotatable bonds is 7. The minimum Gasteiger partial charge on any atom is -0.340 e. The molecule has 0 bridgehead atoms. The van der Waals surface area contributed by atoms with Crippen molar-refractivity contribution in [3.8, 4) is 0 Å². The number of hydrogen-bond donors (Lipinski definition) is 3. The summed E-state index contributed by atoms with van der Waals surface area (Å²) in [6.07, 6.45) is 2.59. The van der Waals surface area contributed by atoms with Crippen molar-refractivity contribution in [3.05, 3.63) is 35.4 Å². The number of imide groups is 2. The van der Waals surface area contributed by atoms with Gasteiger partial charge in [-0.25, -0.2) is 0 Å². The van der Waals surface area contributed by atoms with Gasteiger partial charge in [0.1, 0.15) is 12.1 Å². The number of hydrogen-bond acceptors (Lipinski definition) is 6. The topological polar surface area (TPSA) is 139 Å². The molecule has 2 aliphatic heterocycles. The van der Waals surface area contributed by atoms with Crippen LogP contribution in [-0.4, -0.2) is 47.0 Å². The van der Waals surface area contributed by atoms with Crippen LogP contribution in [0.15, 0.2) is 24.3 Å². The Morgan fingerprint density at radius 3 is 2.62 bits per heavy atom. The summed E-state index contributed by atoms with van der Waals surface area (Å²) in [7, 11) is 0. The molecule has 0 saturated carbocycles. The van der Waals surface area contributed by atoms with Crippen molar-refractivity contribution in [2.75, 3.05) is 6.54 Å². The standard InChI is InChI=1S/C20H24N4O5/c21-11-5-1-2-8-15(25)22-17-12-6-3-4-7-13(12)19(28)24(20(17)29)14-9-10-16(26)23-18(14)27/h3-4,6-7,14,17H,1-2,5,8-11,21H2,(H,22,25)(H,23,26,27). The first-order chi connectivity index (χ1) is 13.9. The van der Waals surface area contributed by atoms with Crippen molar-refractivity contribution in [3.63, 3.8) is 0 Å². The highest BCUT2D eigenvalue weighted by Gasteiger charge is 2.46. The lowest BCUT2D eigenvalue weighted by Gasteiger charge is -2.38. The summed E-state index contributed by atoms with van der Waals surface area (Å²) in [5.41, 5.74) is 6.11.